The fraction of sp³-hybridized carbons (Fsp3) is 0.500. The predicted octanol–water partition coefficient (Wildman–Crippen LogP) is 3.27. The molecule has 0 bridgehead atoms. The van der Waals surface area contributed by atoms with Crippen LogP contribution in [-0.2, 0) is 6.18 Å². The highest BCUT2D eigenvalue weighted by atomic mass is 19.4. The van der Waals surface area contributed by atoms with Crippen LogP contribution in [0, 0.1) is 0 Å². The zero-order valence-electron chi connectivity index (χ0n) is 12.0. The van der Waals surface area contributed by atoms with E-state index in [4.69, 9.17) is 9.84 Å². The minimum Gasteiger partial charge on any atom is -0.490 e. The molecule has 2 rings (SSSR count). The minimum absolute atomic E-state index is 0.143. The van der Waals surface area contributed by atoms with Gasteiger partial charge in [-0.15, -0.1) is 0 Å². The van der Waals surface area contributed by atoms with Crippen molar-refractivity contribution in [3.8, 4) is 5.75 Å². The summed E-state index contributed by atoms with van der Waals surface area (Å²) < 4.78 is 44.9. The van der Waals surface area contributed by atoms with Crippen LogP contribution >= 0.6 is 0 Å². The number of carboxylic acid groups (broad SMARTS) is 1. The van der Waals surface area contributed by atoms with Crippen LogP contribution in [0.2, 0.25) is 0 Å². The lowest BCUT2D eigenvalue weighted by molar-refractivity contribution is -0.139. The maximum atomic E-state index is 13.1. The SMILES string of the molecule is CN1CCC(Oc2ccc(NC(=O)O)cc2C(F)(F)F)CC1. The number of anilines is 1. The summed E-state index contributed by atoms with van der Waals surface area (Å²) in [6, 6.07) is 3.17. The zero-order chi connectivity index (χ0) is 16.3. The van der Waals surface area contributed by atoms with E-state index in [2.05, 4.69) is 4.90 Å². The number of hydrogen-bond donors (Lipinski definition) is 2. The van der Waals surface area contributed by atoms with E-state index < -0.39 is 17.8 Å². The largest absolute Gasteiger partial charge is 0.490 e. The van der Waals surface area contributed by atoms with Gasteiger partial charge in [0.1, 0.15) is 11.9 Å². The first-order chi connectivity index (χ1) is 10.3. The number of nitrogens with zero attached hydrogens (tertiary/aromatic N) is 1. The number of hydrogen-bond acceptors (Lipinski definition) is 3. The second-order valence-corrected chi connectivity index (χ2v) is 5.26. The molecule has 0 radical (unpaired) electrons. The molecule has 5 nitrogen and oxygen atoms in total. The Balaban J connectivity index is 2.20. The Labute approximate surface area is 125 Å². The summed E-state index contributed by atoms with van der Waals surface area (Å²) in [5.74, 6) is -0.266. The van der Waals surface area contributed by atoms with E-state index in [1.54, 1.807) is 0 Å². The Morgan fingerprint density at radius 2 is 2.00 bits per heavy atom. The van der Waals surface area contributed by atoms with Crippen molar-refractivity contribution >= 4 is 11.8 Å². The summed E-state index contributed by atoms with van der Waals surface area (Å²) in [5, 5.41) is 10.5. The van der Waals surface area contributed by atoms with Crippen LogP contribution in [0.5, 0.6) is 5.75 Å². The van der Waals surface area contributed by atoms with E-state index in [0.29, 0.717) is 12.8 Å². The fourth-order valence-corrected chi connectivity index (χ4v) is 2.34. The van der Waals surface area contributed by atoms with E-state index in [1.807, 2.05) is 12.4 Å². The van der Waals surface area contributed by atoms with Crippen LogP contribution < -0.4 is 10.1 Å². The Hall–Kier alpha value is -1.96. The molecular weight excluding hydrogens is 301 g/mol. The van der Waals surface area contributed by atoms with Gasteiger partial charge in [0.05, 0.1) is 5.56 Å². The second kappa shape index (κ2) is 6.43. The van der Waals surface area contributed by atoms with Crippen molar-refractivity contribution in [3.63, 3.8) is 0 Å². The summed E-state index contributed by atoms with van der Waals surface area (Å²) in [4.78, 5) is 12.6. The van der Waals surface area contributed by atoms with Gasteiger partial charge in [0, 0.05) is 18.8 Å². The molecule has 1 aliphatic heterocycles. The number of rotatable bonds is 3. The van der Waals surface area contributed by atoms with Gasteiger partial charge in [-0.3, -0.25) is 5.32 Å². The molecule has 1 amide bonds. The van der Waals surface area contributed by atoms with E-state index in [1.165, 1.54) is 6.07 Å². The third kappa shape index (κ3) is 4.27. The van der Waals surface area contributed by atoms with Crippen LogP contribution in [-0.4, -0.2) is 42.3 Å². The minimum atomic E-state index is -4.61. The smallest absolute Gasteiger partial charge is 0.420 e. The lowest BCUT2D eigenvalue weighted by atomic mass is 10.1. The normalized spacial score (nSPS) is 17.3. The Kier molecular flexibility index (Phi) is 4.80. The standard InChI is InChI=1S/C14H17F3N2O3/c1-19-6-4-10(5-7-19)22-12-3-2-9(18-13(20)21)8-11(12)14(15,16)17/h2-3,8,10,18H,4-7H2,1H3,(H,20,21). The highest BCUT2D eigenvalue weighted by Gasteiger charge is 2.35. The average Bonchev–Trinajstić information content (AvgIpc) is 2.41. The molecule has 1 saturated heterocycles. The van der Waals surface area contributed by atoms with Gasteiger partial charge in [-0.1, -0.05) is 0 Å². The number of alkyl halides is 3. The van der Waals surface area contributed by atoms with Gasteiger partial charge in [-0.2, -0.15) is 13.2 Å². The molecule has 8 heteroatoms. The van der Waals surface area contributed by atoms with Crippen molar-refractivity contribution in [2.45, 2.75) is 25.1 Å². The lowest BCUT2D eigenvalue weighted by Gasteiger charge is -2.30. The van der Waals surface area contributed by atoms with Crippen molar-refractivity contribution in [1.29, 1.82) is 0 Å². The van der Waals surface area contributed by atoms with Gasteiger partial charge in [0.2, 0.25) is 0 Å². The Morgan fingerprint density at radius 1 is 1.36 bits per heavy atom. The monoisotopic (exact) mass is 318 g/mol. The van der Waals surface area contributed by atoms with Crippen LogP contribution in [0.3, 0.4) is 0 Å². The molecule has 22 heavy (non-hydrogen) atoms. The zero-order valence-corrected chi connectivity index (χ0v) is 12.0. The summed E-state index contributed by atoms with van der Waals surface area (Å²) in [6.07, 6.45) is -4.99. The van der Waals surface area contributed by atoms with E-state index in [9.17, 15) is 18.0 Å². The van der Waals surface area contributed by atoms with Crippen LogP contribution in [0.25, 0.3) is 0 Å². The number of likely N-dealkylation sites (tertiary alicyclic amines) is 1. The van der Waals surface area contributed by atoms with Gasteiger partial charge in [0.15, 0.2) is 0 Å². The average molecular weight is 318 g/mol. The van der Waals surface area contributed by atoms with E-state index >= 15 is 0 Å². The van der Waals surface area contributed by atoms with Crippen molar-refractivity contribution in [2.75, 3.05) is 25.5 Å². The molecule has 0 atom stereocenters. The van der Waals surface area contributed by atoms with Crippen molar-refractivity contribution < 1.29 is 27.8 Å². The fourth-order valence-electron chi connectivity index (χ4n) is 2.34. The number of benzene rings is 1. The molecule has 0 unspecified atom stereocenters. The number of nitrogens with one attached hydrogen (secondary N) is 1. The molecule has 0 spiro atoms. The maximum absolute atomic E-state index is 13.1. The van der Waals surface area contributed by atoms with Gasteiger partial charge >= 0.3 is 12.3 Å². The third-order valence-electron chi connectivity index (χ3n) is 3.50. The first-order valence-corrected chi connectivity index (χ1v) is 6.82. The number of halogens is 3. The summed E-state index contributed by atoms with van der Waals surface area (Å²) in [5.41, 5.74) is -1.12. The second-order valence-electron chi connectivity index (χ2n) is 5.26. The maximum Gasteiger partial charge on any atom is 0.420 e. The van der Waals surface area contributed by atoms with Crippen LogP contribution in [0.15, 0.2) is 18.2 Å². The molecule has 1 aromatic rings. The Morgan fingerprint density at radius 3 is 2.55 bits per heavy atom. The van der Waals surface area contributed by atoms with Crippen molar-refractivity contribution in [1.82, 2.24) is 4.90 Å². The molecule has 1 heterocycles. The molecule has 122 valence electrons. The number of piperidine rings is 1. The van der Waals surface area contributed by atoms with Crippen LogP contribution in [0.1, 0.15) is 18.4 Å². The van der Waals surface area contributed by atoms with Gasteiger partial charge in [-0.05, 0) is 38.1 Å². The number of amides is 1. The van der Waals surface area contributed by atoms with Gasteiger partial charge in [0.25, 0.3) is 0 Å². The first-order valence-electron chi connectivity index (χ1n) is 6.82. The number of ether oxygens (including phenoxy) is 1. The number of carbonyl (C=O) groups is 1. The van der Waals surface area contributed by atoms with E-state index in [0.717, 1.165) is 25.2 Å². The van der Waals surface area contributed by atoms with Crippen molar-refractivity contribution in [2.24, 2.45) is 0 Å². The highest BCUT2D eigenvalue weighted by Crippen LogP contribution is 2.38. The molecule has 1 aliphatic rings. The van der Waals surface area contributed by atoms with E-state index in [-0.39, 0.29) is 17.5 Å². The lowest BCUT2D eigenvalue weighted by Crippen LogP contribution is -2.36. The first kappa shape index (κ1) is 16.4. The molecular formula is C14H17F3N2O3. The molecule has 1 fully saturated rings. The topological polar surface area (TPSA) is 61.8 Å². The van der Waals surface area contributed by atoms with Gasteiger partial charge < -0.3 is 14.7 Å². The van der Waals surface area contributed by atoms with Crippen molar-refractivity contribution in [3.05, 3.63) is 23.8 Å². The third-order valence-corrected chi connectivity index (χ3v) is 3.50. The Bertz CT molecular complexity index is 541. The quantitative estimate of drug-likeness (QED) is 0.898. The summed E-state index contributed by atoms with van der Waals surface area (Å²) in [7, 11) is 1.95. The summed E-state index contributed by atoms with van der Waals surface area (Å²) >= 11 is 0. The molecule has 0 saturated carbocycles. The molecule has 0 aliphatic carbocycles. The highest BCUT2D eigenvalue weighted by molar-refractivity contribution is 5.83. The predicted molar refractivity (Wildman–Crippen MR) is 74.2 cm³/mol. The van der Waals surface area contributed by atoms with Gasteiger partial charge in [-0.25, -0.2) is 4.79 Å². The summed E-state index contributed by atoms with van der Waals surface area (Å²) in [6.45, 7) is 1.54. The molecule has 2 N–H and O–H groups in total. The molecule has 0 aromatic heterocycles. The molecule has 1 aromatic carbocycles. The van der Waals surface area contributed by atoms with Crippen LogP contribution in [0.4, 0.5) is 23.7 Å².